The van der Waals surface area contributed by atoms with Crippen molar-refractivity contribution in [1.29, 1.82) is 0 Å². The zero-order valence-corrected chi connectivity index (χ0v) is 23.6. The van der Waals surface area contributed by atoms with Crippen LogP contribution in [-0.4, -0.2) is 29.8 Å². The van der Waals surface area contributed by atoms with E-state index in [-0.39, 0.29) is 16.9 Å². The van der Waals surface area contributed by atoms with Crippen LogP contribution in [0.2, 0.25) is 0 Å². The summed E-state index contributed by atoms with van der Waals surface area (Å²) < 4.78 is 0.929. The summed E-state index contributed by atoms with van der Waals surface area (Å²) in [7, 11) is 0. The maximum atomic E-state index is 13.8. The van der Waals surface area contributed by atoms with Crippen molar-refractivity contribution in [1.82, 2.24) is 0 Å². The topological polar surface area (TPSA) is 95.8 Å². The van der Waals surface area contributed by atoms with Crippen LogP contribution >= 0.6 is 15.9 Å². The summed E-state index contributed by atoms with van der Waals surface area (Å²) in [5.74, 6) is -1.06. The van der Waals surface area contributed by atoms with E-state index in [2.05, 4.69) is 40.0 Å². The standard InChI is InChI=1S/C30H27BrN4O4/c1-5-33(6-2)19-10-12-20(13-11-19)34-29(36)22-9-7-8-21-27(22)23(30(34)37)16-26(35(38)39)28(21)32-25-15-14-24(31)17(3)18(25)4/h7-16,32H,5-6H2,1-4H3. The number of nitrogens with zero attached hydrogens (tertiary/aromatic N) is 3. The van der Waals surface area contributed by atoms with Crippen LogP contribution in [-0.2, 0) is 0 Å². The fourth-order valence-corrected chi connectivity index (χ4v) is 5.55. The predicted octanol–water partition coefficient (Wildman–Crippen LogP) is 7.52. The van der Waals surface area contributed by atoms with Crippen molar-refractivity contribution in [3.63, 3.8) is 0 Å². The number of hydrogen-bond donors (Lipinski definition) is 1. The van der Waals surface area contributed by atoms with Gasteiger partial charge in [-0.15, -0.1) is 0 Å². The first-order valence-corrected chi connectivity index (χ1v) is 13.5. The normalized spacial score (nSPS) is 12.7. The third-order valence-electron chi connectivity index (χ3n) is 7.42. The van der Waals surface area contributed by atoms with Crippen molar-refractivity contribution in [2.24, 2.45) is 0 Å². The number of benzene rings is 4. The van der Waals surface area contributed by atoms with E-state index < -0.39 is 16.7 Å². The molecule has 198 valence electrons. The highest BCUT2D eigenvalue weighted by atomic mass is 79.9. The lowest BCUT2D eigenvalue weighted by atomic mass is 9.91. The summed E-state index contributed by atoms with van der Waals surface area (Å²) in [4.78, 5) is 42.5. The molecule has 0 fully saturated rings. The summed E-state index contributed by atoms with van der Waals surface area (Å²) in [6, 6.07) is 17.2. The Balaban J connectivity index is 1.66. The Morgan fingerprint density at radius 1 is 0.923 bits per heavy atom. The van der Waals surface area contributed by atoms with Crippen molar-refractivity contribution in [2.75, 3.05) is 28.2 Å². The largest absolute Gasteiger partial charge is 0.372 e. The van der Waals surface area contributed by atoms with E-state index in [1.165, 1.54) is 6.07 Å². The number of imide groups is 1. The third kappa shape index (κ3) is 4.32. The summed E-state index contributed by atoms with van der Waals surface area (Å²) in [6.07, 6.45) is 0. The van der Waals surface area contributed by atoms with Gasteiger partial charge >= 0.3 is 0 Å². The first kappa shape index (κ1) is 26.4. The number of carbonyl (C=O) groups excluding carboxylic acids is 2. The smallest absolute Gasteiger partial charge is 0.294 e. The third-order valence-corrected chi connectivity index (χ3v) is 8.28. The van der Waals surface area contributed by atoms with Gasteiger partial charge in [-0.05, 0) is 81.3 Å². The Morgan fingerprint density at radius 3 is 2.23 bits per heavy atom. The molecule has 39 heavy (non-hydrogen) atoms. The van der Waals surface area contributed by atoms with Gasteiger partial charge in [0.2, 0.25) is 0 Å². The van der Waals surface area contributed by atoms with Crippen molar-refractivity contribution < 1.29 is 14.5 Å². The van der Waals surface area contributed by atoms with E-state index in [4.69, 9.17) is 0 Å². The highest BCUT2D eigenvalue weighted by Crippen LogP contribution is 2.43. The van der Waals surface area contributed by atoms with E-state index in [9.17, 15) is 19.7 Å². The zero-order valence-electron chi connectivity index (χ0n) is 22.0. The van der Waals surface area contributed by atoms with Crippen molar-refractivity contribution in [3.05, 3.63) is 97.5 Å². The first-order chi connectivity index (χ1) is 18.7. The minimum Gasteiger partial charge on any atom is -0.372 e. The van der Waals surface area contributed by atoms with Crippen LogP contribution in [0.4, 0.5) is 28.4 Å². The Kier molecular flexibility index (Phi) is 6.86. The molecule has 0 aliphatic carbocycles. The van der Waals surface area contributed by atoms with Crippen LogP contribution in [0.1, 0.15) is 45.7 Å². The quantitative estimate of drug-likeness (QED) is 0.137. The fraction of sp³-hybridized carbons (Fsp3) is 0.200. The molecule has 4 aromatic rings. The molecular formula is C30H27BrN4O4. The molecule has 1 aliphatic heterocycles. The molecule has 0 spiro atoms. The highest BCUT2D eigenvalue weighted by Gasteiger charge is 2.37. The van der Waals surface area contributed by atoms with Crippen LogP contribution in [0.3, 0.4) is 0 Å². The maximum absolute atomic E-state index is 13.8. The second-order valence-electron chi connectivity index (χ2n) is 9.41. The van der Waals surface area contributed by atoms with Gasteiger partial charge in [0, 0.05) is 51.3 Å². The van der Waals surface area contributed by atoms with E-state index in [1.54, 1.807) is 30.3 Å². The van der Waals surface area contributed by atoms with Gasteiger partial charge in [-0.25, -0.2) is 4.90 Å². The molecular weight excluding hydrogens is 560 g/mol. The average Bonchev–Trinajstić information content (AvgIpc) is 2.93. The number of rotatable bonds is 7. The average molecular weight is 587 g/mol. The van der Waals surface area contributed by atoms with Gasteiger partial charge in [0.1, 0.15) is 5.69 Å². The molecule has 0 saturated heterocycles. The first-order valence-electron chi connectivity index (χ1n) is 12.7. The minimum atomic E-state index is -0.593. The molecule has 0 saturated carbocycles. The molecule has 0 bridgehead atoms. The van der Waals surface area contributed by atoms with Crippen LogP contribution in [0.25, 0.3) is 10.8 Å². The van der Waals surface area contributed by atoms with Gasteiger partial charge < -0.3 is 10.2 Å². The zero-order chi connectivity index (χ0) is 28.0. The van der Waals surface area contributed by atoms with Gasteiger partial charge in [-0.3, -0.25) is 19.7 Å². The lowest BCUT2D eigenvalue weighted by Gasteiger charge is -2.28. The lowest BCUT2D eigenvalue weighted by molar-refractivity contribution is -0.383. The fourth-order valence-electron chi connectivity index (χ4n) is 5.12. The number of nitrogens with one attached hydrogen (secondary N) is 1. The van der Waals surface area contributed by atoms with Gasteiger partial charge in [0.15, 0.2) is 0 Å². The van der Waals surface area contributed by atoms with E-state index in [1.807, 2.05) is 38.1 Å². The summed E-state index contributed by atoms with van der Waals surface area (Å²) in [5.41, 5.74) is 4.44. The Labute approximate surface area is 234 Å². The van der Waals surface area contributed by atoms with Crippen molar-refractivity contribution in [2.45, 2.75) is 27.7 Å². The molecule has 4 aromatic carbocycles. The summed E-state index contributed by atoms with van der Waals surface area (Å²) in [6.45, 7) is 9.65. The van der Waals surface area contributed by atoms with E-state index in [0.717, 1.165) is 39.3 Å². The monoisotopic (exact) mass is 586 g/mol. The number of amides is 2. The Hall–Kier alpha value is -4.24. The van der Waals surface area contributed by atoms with E-state index in [0.29, 0.717) is 27.7 Å². The molecule has 9 heteroatoms. The number of nitro groups is 1. The van der Waals surface area contributed by atoms with Gasteiger partial charge in [-0.2, -0.15) is 0 Å². The number of anilines is 4. The molecule has 2 amide bonds. The molecule has 5 rings (SSSR count). The Morgan fingerprint density at radius 2 is 1.59 bits per heavy atom. The summed E-state index contributed by atoms with van der Waals surface area (Å²) in [5, 5.41) is 16.4. The van der Waals surface area contributed by atoms with Gasteiger partial charge in [0.25, 0.3) is 17.5 Å². The molecule has 1 N–H and O–H groups in total. The number of halogens is 1. The molecule has 0 unspecified atom stereocenters. The number of nitro benzene ring substituents is 1. The minimum absolute atomic E-state index is 0.119. The predicted molar refractivity (Wildman–Crippen MR) is 159 cm³/mol. The van der Waals surface area contributed by atoms with Crippen molar-refractivity contribution >= 4 is 67.0 Å². The highest BCUT2D eigenvalue weighted by molar-refractivity contribution is 9.10. The number of carbonyl (C=O) groups is 2. The molecule has 0 atom stereocenters. The molecule has 8 nitrogen and oxygen atoms in total. The molecule has 0 aromatic heterocycles. The van der Waals surface area contributed by atoms with Crippen LogP contribution in [0.15, 0.2) is 65.1 Å². The SMILES string of the molecule is CCN(CC)c1ccc(N2C(=O)c3cccc4c(Nc5ccc(Br)c(C)c5C)c([N+](=O)[O-])cc(c34)C2=O)cc1. The second-order valence-corrected chi connectivity index (χ2v) is 10.3. The Bertz CT molecular complexity index is 1660. The second kappa shape index (κ2) is 10.1. The van der Waals surface area contributed by atoms with Crippen molar-refractivity contribution in [3.8, 4) is 0 Å². The molecule has 0 radical (unpaired) electrons. The maximum Gasteiger partial charge on any atom is 0.294 e. The van der Waals surface area contributed by atoms with E-state index >= 15 is 0 Å². The van der Waals surface area contributed by atoms with Crippen LogP contribution in [0, 0.1) is 24.0 Å². The van der Waals surface area contributed by atoms with Gasteiger partial charge in [-0.1, -0.05) is 28.1 Å². The lowest BCUT2D eigenvalue weighted by Crippen LogP contribution is -2.40. The summed E-state index contributed by atoms with van der Waals surface area (Å²) >= 11 is 3.52. The van der Waals surface area contributed by atoms with Crippen LogP contribution in [0.5, 0.6) is 0 Å². The molecule has 1 heterocycles. The van der Waals surface area contributed by atoms with Crippen LogP contribution < -0.4 is 15.1 Å². The number of hydrogen-bond acceptors (Lipinski definition) is 6. The molecule has 1 aliphatic rings. The van der Waals surface area contributed by atoms with Gasteiger partial charge in [0.05, 0.1) is 16.2 Å².